The standard InChI is InChI=1S/C13H18N2O5/c1-4-20-11-6-9(5-10(7-11)15(18)19)14-13(2,3)8-12(16)17/h5-7,14H,4,8H2,1-3H3,(H,16,17). The topological polar surface area (TPSA) is 102 Å². The number of aliphatic carboxylic acids is 1. The highest BCUT2D eigenvalue weighted by atomic mass is 16.6. The lowest BCUT2D eigenvalue weighted by Gasteiger charge is -2.25. The molecule has 7 nitrogen and oxygen atoms in total. The molecule has 1 rings (SSSR count). The SMILES string of the molecule is CCOc1cc(NC(C)(C)CC(=O)O)cc([N+](=O)[O-])c1. The fraction of sp³-hybridized carbons (Fsp3) is 0.462. The summed E-state index contributed by atoms with van der Waals surface area (Å²) in [6.45, 7) is 5.58. The molecule has 0 spiro atoms. The van der Waals surface area contributed by atoms with Crippen LogP contribution in [0.25, 0.3) is 0 Å². The first-order valence-corrected chi connectivity index (χ1v) is 6.16. The van der Waals surface area contributed by atoms with E-state index in [-0.39, 0.29) is 12.1 Å². The Morgan fingerprint density at radius 3 is 2.60 bits per heavy atom. The van der Waals surface area contributed by atoms with Gasteiger partial charge in [0.2, 0.25) is 0 Å². The number of nitro groups is 1. The van der Waals surface area contributed by atoms with Crippen molar-refractivity contribution in [3.8, 4) is 5.75 Å². The molecule has 1 aromatic carbocycles. The molecule has 0 bridgehead atoms. The highest BCUT2D eigenvalue weighted by molar-refractivity contribution is 5.69. The molecule has 0 aliphatic carbocycles. The number of non-ortho nitro benzene ring substituents is 1. The van der Waals surface area contributed by atoms with Crippen molar-refractivity contribution in [1.82, 2.24) is 0 Å². The summed E-state index contributed by atoms with van der Waals surface area (Å²) in [5, 5.41) is 22.7. The smallest absolute Gasteiger partial charge is 0.305 e. The maximum atomic E-state index is 10.9. The molecule has 0 fully saturated rings. The second kappa shape index (κ2) is 6.23. The molecule has 0 aliphatic rings. The van der Waals surface area contributed by atoms with Gasteiger partial charge < -0.3 is 15.2 Å². The Labute approximate surface area is 116 Å². The van der Waals surface area contributed by atoms with Crippen LogP contribution in [-0.2, 0) is 4.79 Å². The first kappa shape index (κ1) is 15.7. The maximum absolute atomic E-state index is 10.9. The first-order valence-electron chi connectivity index (χ1n) is 6.16. The first-order chi connectivity index (χ1) is 9.23. The Morgan fingerprint density at radius 2 is 2.10 bits per heavy atom. The normalized spacial score (nSPS) is 10.9. The van der Waals surface area contributed by atoms with Crippen molar-refractivity contribution in [3.05, 3.63) is 28.3 Å². The van der Waals surface area contributed by atoms with Crippen molar-refractivity contribution in [1.29, 1.82) is 0 Å². The van der Waals surface area contributed by atoms with E-state index < -0.39 is 16.4 Å². The van der Waals surface area contributed by atoms with Crippen molar-refractivity contribution >= 4 is 17.3 Å². The van der Waals surface area contributed by atoms with Crippen LogP contribution in [0.5, 0.6) is 5.75 Å². The Balaban J connectivity index is 3.04. The Kier molecular flexibility index (Phi) is 4.90. The molecule has 0 radical (unpaired) electrons. The predicted octanol–water partition coefficient (Wildman–Crippen LogP) is 2.66. The molecule has 0 saturated heterocycles. The Morgan fingerprint density at radius 1 is 1.45 bits per heavy atom. The van der Waals surface area contributed by atoms with Gasteiger partial charge in [0, 0.05) is 23.4 Å². The van der Waals surface area contributed by atoms with Crippen molar-refractivity contribution in [2.45, 2.75) is 32.7 Å². The number of ether oxygens (including phenoxy) is 1. The van der Waals surface area contributed by atoms with E-state index in [2.05, 4.69) is 5.32 Å². The third-order valence-corrected chi connectivity index (χ3v) is 2.49. The summed E-state index contributed by atoms with van der Waals surface area (Å²) in [5.74, 6) is -0.576. The molecule has 7 heteroatoms. The minimum Gasteiger partial charge on any atom is -0.494 e. The zero-order valence-electron chi connectivity index (χ0n) is 11.7. The summed E-state index contributed by atoms with van der Waals surface area (Å²) in [5.41, 5.74) is -0.386. The van der Waals surface area contributed by atoms with Gasteiger partial charge in [-0.3, -0.25) is 14.9 Å². The molecule has 0 unspecified atom stereocenters. The molecule has 0 atom stereocenters. The van der Waals surface area contributed by atoms with Gasteiger partial charge in [0.1, 0.15) is 5.75 Å². The lowest BCUT2D eigenvalue weighted by atomic mass is 10.0. The van der Waals surface area contributed by atoms with E-state index in [1.54, 1.807) is 26.8 Å². The van der Waals surface area contributed by atoms with Gasteiger partial charge in [-0.05, 0) is 20.8 Å². The maximum Gasteiger partial charge on any atom is 0.305 e. The molecular weight excluding hydrogens is 264 g/mol. The largest absolute Gasteiger partial charge is 0.494 e. The fourth-order valence-corrected chi connectivity index (χ4v) is 1.82. The average molecular weight is 282 g/mol. The van der Waals surface area contributed by atoms with Gasteiger partial charge in [0.05, 0.1) is 24.0 Å². The van der Waals surface area contributed by atoms with Gasteiger partial charge in [-0.1, -0.05) is 0 Å². The van der Waals surface area contributed by atoms with Crippen LogP contribution in [0.1, 0.15) is 27.2 Å². The number of benzene rings is 1. The molecule has 0 aliphatic heterocycles. The summed E-state index contributed by atoms with van der Waals surface area (Å²) in [6.07, 6.45) is -0.111. The van der Waals surface area contributed by atoms with E-state index in [4.69, 9.17) is 9.84 Å². The molecule has 2 N–H and O–H groups in total. The van der Waals surface area contributed by atoms with Crippen molar-refractivity contribution in [3.63, 3.8) is 0 Å². The number of carboxylic acid groups (broad SMARTS) is 1. The van der Waals surface area contributed by atoms with Gasteiger partial charge >= 0.3 is 5.97 Å². The number of hydrogen-bond donors (Lipinski definition) is 2. The second-order valence-electron chi connectivity index (χ2n) is 4.99. The number of nitrogens with one attached hydrogen (secondary N) is 1. The Bertz CT molecular complexity index is 513. The van der Waals surface area contributed by atoms with E-state index in [0.29, 0.717) is 18.0 Å². The average Bonchev–Trinajstić information content (AvgIpc) is 2.26. The number of hydrogen-bond acceptors (Lipinski definition) is 5. The zero-order chi connectivity index (χ0) is 15.3. The molecule has 110 valence electrons. The van der Waals surface area contributed by atoms with Gasteiger partial charge in [-0.2, -0.15) is 0 Å². The summed E-state index contributed by atoms with van der Waals surface area (Å²) in [4.78, 5) is 21.1. The number of nitro benzene ring substituents is 1. The number of anilines is 1. The van der Waals surface area contributed by atoms with Crippen LogP contribution in [0.4, 0.5) is 11.4 Å². The van der Waals surface area contributed by atoms with Crippen LogP contribution in [0.2, 0.25) is 0 Å². The van der Waals surface area contributed by atoms with Gasteiger partial charge in [-0.25, -0.2) is 0 Å². The molecule has 1 aromatic rings. The zero-order valence-corrected chi connectivity index (χ0v) is 11.7. The van der Waals surface area contributed by atoms with Crippen LogP contribution in [-0.4, -0.2) is 28.1 Å². The molecular formula is C13H18N2O5. The van der Waals surface area contributed by atoms with Gasteiger partial charge in [-0.15, -0.1) is 0 Å². The number of carboxylic acids is 1. The van der Waals surface area contributed by atoms with Crippen molar-refractivity contribution in [2.24, 2.45) is 0 Å². The predicted molar refractivity (Wildman–Crippen MR) is 74.2 cm³/mol. The highest BCUT2D eigenvalue weighted by Gasteiger charge is 2.22. The second-order valence-corrected chi connectivity index (χ2v) is 4.99. The highest BCUT2D eigenvalue weighted by Crippen LogP contribution is 2.28. The summed E-state index contributed by atoms with van der Waals surface area (Å²) >= 11 is 0. The fourth-order valence-electron chi connectivity index (χ4n) is 1.82. The van der Waals surface area contributed by atoms with E-state index in [1.807, 2.05) is 0 Å². The lowest BCUT2D eigenvalue weighted by Crippen LogP contribution is -2.33. The van der Waals surface area contributed by atoms with Gasteiger partial charge in [0.25, 0.3) is 5.69 Å². The monoisotopic (exact) mass is 282 g/mol. The molecule has 0 aromatic heterocycles. The molecule has 0 amide bonds. The minimum absolute atomic E-state index is 0.107. The minimum atomic E-state index is -0.946. The van der Waals surface area contributed by atoms with Crippen LogP contribution >= 0.6 is 0 Å². The quantitative estimate of drug-likeness (QED) is 0.589. The van der Waals surface area contributed by atoms with E-state index in [0.717, 1.165) is 0 Å². The van der Waals surface area contributed by atoms with Crippen LogP contribution in [0.15, 0.2) is 18.2 Å². The van der Waals surface area contributed by atoms with E-state index in [9.17, 15) is 14.9 Å². The summed E-state index contributed by atoms with van der Waals surface area (Å²) in [6, 6.07) is 4.30. The number of carbonyl (C=O) groups is 1. The number of rotatable bonds is 7. The van der Waals surface area contributed by atoms with E-state index in [1.165, 1.54) is 12.1 Å². The molecule has 0 heterocycles. The van der Waals surface area contributed by atoms with E-state index >= 15 is 0 Å². The summed E-state index contributed by atoms with van der Waals surface area (Å²) < 4.78 is 5.27. The molecule has 20 heavy (non-hydrogen) atoms. The third kappa shape index (κ3) is 4.75. The van der Waals surface area contributed by atoms with Crippen LogP contribution < -0.4 is 10.1 Å². The van der Waals surface area contributed by atoms with Crippen LogP contribution in [0.3, 0.4) is 0 Å². The molecule has 0 saturated carbocycles. The third-order valence-electron chi connectivity index (χ3n) is 2.49. The number of nitrogens with zero attached hydrogens (tertiary/aromatic N) is 1. The summed E-state index contributed by atoms with van der Waals surface area (Å²) in [7, 11) is 0. The van der Waals surface area contributed by atoms with Crippen molar-refractivity contribution in [2.75, 3.05) is 11.9 Å². The Hall–Kier alpha value is -2.31. The van der Waals surface area contributed by atoms with Gasteiger partial charge in [0.15, 0.2) is 0 Å². The lowest BCUT2D eigenvalue weighted by molar-refractivity contribution is -0.384. The van der Waals surface area contributed by atoms with Crippen LogP contribution in [0, 0.1) is 10.1 Å². The van der Waals surface area contributed by atoms with Crippen molar-refractivity contribution < 1.29 is 19.6 Å².